The second-order valence-corrected chi connectivity index (χ2v) is 14.6. The number of urea groups is 1. The van der Waals surface area contributed by atoms with Crippen LogP contribution in [-0.2, 0) is 24.3 Å². The van der Waals surface area contributed by atoms with E-state index < -0.39 is 62.4 Å². The van der Waals surface area contributed by atoms with E-state index in [1.807, 2.05) is 12.2 Å². The minimum Gasteiger partial charge on any atom is -0.443 e. The first-order valence-electron chi connectivity index (χ1n) is 14.5. The van der Waals surface area contributed by atoms with Crippen LogP contribution in [-0.4, -0.2) is 71.3 Å². The van der Waals surface area contributed by atoms with E-state index in [1.165, 1.54) is 11.0 Å². The second-order valence-electron chi connectivity index (χ2n) is 12.2. The Bertz CT molecular complexity index is 1400. The van der Waals surface area contributed by atoms with Gasteiger partial charge >= 0.3 is 12.1 Å². The summed E-state index contributed by atoms with van der Waals surface area (Å²) in [6, 6.07) is 2.98. The van der Waals surface area contributed by atoms with Crippen LogP contribution in [0.15, 0.2) is 36.4 Å². The highest BCUT2D eigenvalue weighted by atomic mass is 35.5. The number of benzene rings is 1. The molecule has 1 aliphatic carbocycles. The number of anilines is 1. The number of carbonyl (C=O) groups excluding carboxylic acids is 4. The van der Waals surface area contributed by atoms with Crippen molar-refractivity contribution in [1.29, 1.82) is 0 Å². The molecule has 0 spiro atoms. The molecule has 0 radical (unpaired) electrons. The summed E-state index contributed by atoms with van der Waals surface area (Å²) in [5.41, 5.74) is 4.84. The number of rotatable bonds is 4. The maximum atomic E-state index is 14.0. The van der Waals surface area contributed by atoms with Crippen LogP contribution in [0.25, 0.3) is 0 Å². The van der Waals surface area contributed by atoms with Crippen LogP contribution in [0, 0.1) is 5.92 Å². The number of fused-ring (bicyclic) bond motifs is 2. The molecule has 1 saturated carbocycles. The third-order valence-electron chi connectivity index (χ3n) is 7.87. The Kier molecular flexibility index (Phi) is 9.65. The van der Waals surface area contributed by atoms with Gasteiger partial charge in [-0.25, -0.2) is 22.9 Å². The SMILES string of the molecule is CC(C)(C)OC(=O)N(C(N)=O)C1CCCCC/C=C\C2CC2(S(=O)(=O)Nc2ccccc2Cl)NC(=O)C2CCCN2C1=O. The van der Waals surface area contributed by atoms with Crippen molar-refractivity contribution < 1.29 is 32.3 Å². The van der Waals surface area contributed by atoms with E-state index in [4.69, 9.17) is 22.1 Å². The molecule has 4 N–H and O–H groups in total. The summed E-state index contributed by atoms with van der Waals surface area (Å²) in [6.45, 7) is 5.08. The van der Waals surface area contributed by atoms with E-state index >= 15 is 0 Å². The quantitative estimate of drug-likeness (QED) is 0.417. The summed E-state index contributed by atoms with van der Waals surface area (Å²) >= 11 is 6.22. The monoisotopic (exact) mass is 637 g/mol. The summed E-state index contributed by atoms with van der Waals surface area (Å²) in [5, 5.41) is 2.96. The summed E-state index contributed by atoms with van der Waals surface area (Å²) in [4.78, 5) is 53.7. The number of primary amides is 1. The van der Waals surface area contributed by atoms with Gasteiger partial charge in [0.1, 0.15) is 17.7 Å². The number of para-hydroxylation sites is 1. The van der Waals surface area contributed by atoms with Crippen molar-refractivity contribution in [3.63, 3.8) is 0 Å². The predicted octanol–water partition coefficient (Wildman–Crippen LogP) is 4.11. The topological polar surface area (TPSA) is 168 Å². The van der Waals surface area contributed by atoms with E-state index in [2.05, 4.69) is 10.0 Å². The standard InChI is InChI=1S/C29H40ClN5O7S/c1-28(2,3)42-27(39)35(26(31)38)23-15-8-6-4-5-7-12-19-18-29(19,32-24(36)22-16-11-17-34(22)25(23)37)43(40,41)33-21-14-10-9-13-20(21)30/h7,9-10,12-14,19,22-23,33H,4-6,8,11,15-18H2,1-3H3,(H2,31,38)(H,32,36)/b12-7-. The van der Waals surface area contributed by atoms with Gasteiger partial charge in [0, 0.05) is 12.5 Å². The molecule has 5 amide bonds. The molecule has 4 rings (SSSR count). The number of allylic oxidation sites excluding steroid dienone is 1. The average Bonchev–Trinajstić information content (AvgIpc) is 3.38. The van der Waals surface area contributed by atoms with Gasteiger partial charge in [-0.3, -0.25) is 14.3 Å². The van der Waals surface area contributed by atoms with E-state index in [9.17, 15) is 27.6 Å². The molecule has 2 heterocycles. The normalized spacial score (nSPS) is 27.4. The third-order valence-corrected chi connectivity index (χ3v) is 10.2. The Morgan fingerprint density at radius 3 is 2.53 bits per heavy atom. The minimum atomic E-state index is -4.19. The number of halogens is 1. The number of nitrogens with zero attached hydrogens (tertiary/aromatic N) is 2. The van der Waals surface area contributed by atoms with Crippen LogP contribution < -0.4 is 15.8 Å². The number of nitrogens with one attached hydrogen (secondary N) is 2. The van der Waals surface area contributed by atoms with Gasteiger partial charge in [0.15, 0.2) is 4.87 Å². The minimum absolute atomic E-state index is 0.137. The number of hydrogen-bond donors (Lipinski definition) is 3. The summed E-state index contributed by atoms with van der Waals surface area (Å²) in [6.07, 6.45) is 6.24. The number of imide groups is 1. The molecule has 4 unspecified atom stereocenters. The molecular formula is C29H40ClN5O7S. The number of sulfonamides is 1. The maximum absolute atomic E-state index is 14.0. The molecule has 3 aliphatic rings. The lowest BCUT2D eigenvalue weighted by atomic mass is 10.0. The van der Waals surface area contributed by atoms with Crippen LogP contribution in [0.2, 0.25) is 5.02 Å². The van der Waals surface area contributed by atoms with Gasteiger partial charge in [0.05, 0.1) is 10.7 Å². The fourth-order valence-corrected chi connectivity index (χ4v) is 7.66. The number of ether oxygens (including phenoxy) is 1. The Hall–Kier alpha value is -3.32. The molecule has 14 heteroatoms. The highest BCUT2D eigenvalue weighted by Crippen LogP contribution is 2.50. The van der Waals surface area contributed by atoms with Gasteiger partial charge in [-0.2, -0.15) is 0 Å². The lowest BCUT2D eigenvalue weighted by Gasteiger charge is -2.34. The molecule has 4 atom stereocenters. The van der Waals surface area contributed by atoms with Crippen molar-refractivity contribution in [2.45, 2.75) is 94.7 Å². The Balaban J connectivity index is 1.66. The Labute approximate surface area is 257 Å². The molecule has 2 fully saturated rings. The van der Waals surface area contributed by atoms with E-state index in [0.29, 0.717) is 30.6 Å². The van der Waals surface area contributed by atoms with Crippen LogP contribution >= 0.6 is 11.6 Å². The van der Waals surface area contributed by atoms with E-state index in [-0.39, 0.29) is 36.5 Å². The molecule has 12 nitrogen and oxygen atoms in total. The number of carbonyl (C=O) groups is 4. The summed E-state index contributed by atoms with van der Waals surface area (Å²) in [5.74, 6) is -1.74. The third kappa shape index (κ3) is 7.26. The highest BCUT2D eigenvalue weighted by molar-refractivity contribution is 7.94. The fourth-order valence-electron chi connectivity index (χ4n) is 5.66. The summed E-state index contributed by atoms with van der Waals surface area (Å²) < 4.78 is 35.5. The first kappa shape index (κ1) is 32.6. The zero-order valence-electron chi connectivity index (χ0n) is 24.7. The van der Waals surface area contributed by atoms with Gasteiger partial charge in [0.25, 0.3) is 10.0 Å². The lowest BCUT2D eigenvalue weighted by molar-refractivity contribution is -0.142. The largest absolute Gasteiger partial charge is 0.443 e. The van der Waals surface area contributed by atoms with Crippen molar-refractivity contribution in [2.75, 3.05) is 11.3 Å². The number of amides is 5. The van der Waals surface area contributed by atoms with Crippen molar-refractivity contribution in [3.05, 3.63) is 41.4 Å². The molecular weight excluding hydrogens is 598 g/mol. The smallest absolute Gasteiger partial charge is 0.419 e. The Morgan fingerprint density at radius 1 is 1.14 bits per heavy atom. The average molecular weight is 638 g/mol. The number of hydrogen-bond acceptors (Lipinski definition) is 7. The van der Waals surface area contributed by atoms with Gasteiger partial charge < -0.3 is 20.7 Å². The van der Waals surface area contributed by atoms with Gasteiger partial charge in [0.2, 0.25) is 11.8 Å². The number of nitrogens with two attached hydrogens (primary N) is 1. The zero-order chi connectivity index (χ0) is 31.6. The van der Waals surface area contributed by atoms with Crippen LogP contribution in [0.5, 0.6) is 0 Å². The van der Waals surface area contributed by atoms with Gasteiger partial charge in [-0.1, -0.05) is 48.7 Å². The van der Waals surface area contributed by atoms with Crippen LogP contribution in [0.4, 0.5) is 15.3 Å². The molecule has 1 aromatic rings. The van der Waals surface area contributed by atoms with Crippen molar-refractivity contribution in [3.8, 4) is 0 Å². The lowest BCUT2D eigenvalue weighted by Crippen LogP contribution is -2.59. The predicted molar refractivity (Wildman–Crippen MR) is 161 cm³/mol. The molecule has 1 aromatic carbocycles. The molecule has 0 bridgehead atoms. The molecule has 236 valence electrons. The maximum Gasteiger partial charge on any atom is 0.419 e. The van der Waals surface area contributed by atoms with Crippen molar-refractivity contribution >= 4 is 51.3 Å². The zero-order valence-corrected chi connectivity index (χ0v) is 26.2. The van der Waals surface area contributed by atoms with Gasteiger partial charge in [-0.05, 0) is 71.4 Å². The van der Waals surface area contributed by atoms with Crippen molar-refractivity contribution in [1.82, 2.24) is 15.1 Å². The molecule has 0 aromatic heterocycles. The van der Waals surface area contributed by atoms with Crippen LogP contribution in [0.3, 0.4) is 0 Å². The van der Waals surface area contributed by atoms with E-state index in [1.54, 1.807) is 39.0 Å². The summed E-state index contributed by atoms with van der Waals surface area (Å²) in [7, 11) is -4.19. The highest BCUT2D eigenvalue weighted by Gasteiger charge is 2.65. The molecule has 2 aliphatic heterocycles. The first-order chi connectivity index (χ1) is 20.2. The van der Waals surface area contributed by atoms with Crippen LogP contribution in [0.1, 0.15) is 72.1 Å². The molecule has 1 saturated heterocycles. The Morgan fingerprint density at radius 2 is 1.86 bits per heavy atom. The van der Waals surface area contributed by atoms with Gasteiger partial charge in [-0.15, -0.1) is 0 Å². The van der Waals surface area contributed by atoms with E-state index in [0.717, 1.165) is 6.42 Å². The molecule has 43 heavy (non-hydrogen) atoms. The fraction of sp³-hybridized carbons (Fsp3) is 0.586. The van der Waals surface area contributed by atoms with Crippen molar-refractivity contribution in [2.24, 2.45) is 11.7 Å². The first-order valence-corrected chi connectivity index (χ1v) is 16.4. The second kappa shape index (κ2) is 12.7.